The van der Waals surface area contributed by atoms with Gasteiger partial charge in [0.05, 0.1) is 6.10 Å². The number of hydrogen-bond donors (Lipinski definition) is 1. The minimum Gasteiger partial charge on any atom is -0.390 e. The van der Waals surface area contributed by atoms with Gasteiger partial charge in [-0.25, -0.2) is 0 Å². The van der Waals surface area contributed by atoms with Crippen molar-refractivity contribution in [3.8, 4) is 0 Å². The maximum Gasteiger partial charge on any atom is 0.222 e. The topological polar surface area (TPSA) is 43.8 Å². The molecule has 1 amide bonds. The molecule has 2 heterocycles. The minimum absolute atomic E-state index is 0.196. The van der Waals surface area contributed by atoms with Crippen molar-refractivity contribution >= 4 is 5.91 Å². The van der Waals surface area contributed by atoms with Crippen LogP contribution in [-0.2, 0) is 4.79 Å². The monoisotopic (exact) mass is 302 g/mol. The minimum atomic E-state index is -0.421. The third-order valence-corrected chi connectivity index (χ3v) is 4.93. The van der Waals surface area contributed by atoms with E-state index in [1.807, 2.05) is 0 Å². The Hall–Kier alpha value is -1.39. The molecule has 1 atom stereocenters. The number of nitrogens with zero attached hydrogens (tertiary/aromatic N) is 2. The third kappa shape index (κ3) is 3.87. The Morgan fingerprint density at radius 2 is 1.82 bits per heavy atom. The Morgan fingerprint density at radius 3 is 2.45 bits per heavy atom. The van der Waals surface area contributed by atoms with Crippen molar-refractivity contribution < 1.29 is 9.90 Å². The summed E-state index contributed by atoms with van der Waals surface area (Å²) in [6.45, 7) is 4.06. The van der Waals surface area contributed by atoms with Gasteiger partial charge < -0.3 is 14.9 Å². The molecule has 1 N–H and O–H groups in total. The standard InChI is InChI=1S/C18H26N2O2/c21-17(14-20-10-4-7-18(20)22)13-19-11-8-16(9-12-19)15-5-2-1-3-6-15/h1-3,5-6,16-17,21H,4,7-14H2. The van der Waals surface area contributed by atoms with Gasteiger partial charge in [-0.15, -0.1) is 0 Å². The summed E-state index contributed by atoms with van der Waals surface area (Å²) in [5, 5.41) is 10.2. The first kappa shape index (κ1) is 15.5. The second kappa shape index (κ2) is 7.25. The molecule has 1 unspecified atom stereocenters. The van der Waals surface area contributed by atoms with Crippen LogP contribution in [0.4, 0.5) is 0 Å². The van der Waals surface area contributed by atoms with Gasteiger partial charge in [-0.2, -0.15) is 0 Å². The maximum atomic E-state index is 11.6. The van der Waals surface area contributed by atoms with E-state index in [2.05, 4.69) is 35.2 Å². The number of amides is 1. The van der Waals surface area contributed by atoms with Crippen molar-refractivity contribution in [1.29, 1.82) is 0 Å². The molecule has 3 rings (SSSR count). The molecular weight excluding hydrogens is 276 g/mol. The van der Waals surface area contributed by atoms with Crippen LogP contribution in [0.25, 0.3) is 0 Å². The van der Waals surface area contributed by atoms with Crippen molar-refractivity contribution in [2.24, 2.45) is 0 Å². The Bertz CT molecular complexity index is 483. The summed E-state index contributed by atoms with van der Waals surface area (Å²) in [4.78, 5) is 15.7. The third-order valence-electron chi connectivity index (χ3n) is 4.93. The molecule has 22 heavy (non-hydrogen) atoms. The molecule has 2 fully saturated rings. The van der Waals surface area contributed by atoms with Crippen LogP contribution < -0.4 is 0 Å². The van der Waals surface area contributed by atoms with Crippen LogP contribution in [0.15, 0.2) is 30.3 Å². The Kier molecular flexibility index (Phi) is 5.11. The average Bonchev–Trinajstić information content (AvgIpc) is 2.94. The van der Waals surface area contributed by atoms with Crippen LogP contribution in [0, 0.1) is 0 Å². The molecule has 4 nitrogen and oxygen atoms in total. The van der Waals surface area contributed by atoms with E-state index in [4.69, 9.17) is 0 Å². The fraction of sp³-hybridized carbons (Fsp3) is 0.611. The number of hydrogen-bond acceptors (Lipinski definition) is 3. The van der Waals surface area contributed by atoms with E-state index in [0.717, 1.165) is 38.9 Å². The van der Waals surface area contributed by atoms with Crippen LogP contribution in [0.1, 0.15) is 37.2 Å². The molecule has 1 aromatic rings. The largest absolute Gasteiger partial charge is 0.390 e. The molecule has 0 spiro atoms. The van der Waals surface area contributed by atoms with Gasteiger partial charge in [0.25, 0.3) is 0 Å². The molecule has 4 heteroatoms. The van der Waals surface area contributed by atoms with Gasteiger partial charge in [0, 0.05) is 26.1 Å². The van der Waals surface area contributed by atoms with Crippen LogP contribution in [-0.4, -0.2) is 59.6 Å². The van der Waals surface area contributed by atoms with Gasteiger partial charge in [0.1, 0.15) is 0 Å². The molecule has 0 aromatic heterocycles. The maximum absolute atomic E-state index is 11.6. The summed E-state index contributed by atoms with van der Waals surface area (Å²) in [6, 6.07) is 10.7. The van der Waals surface area contributed by atoms with Crippen molar-refractivity contribution in [3.63, 3.8) is 0 Å². The summed E-state index contributed by atoms with van der Waals surface area (Å²) in [6.07, 6.45) is 3.47. The van der Waals surface area contributed by atoms with Crippen LogP contribution >= 0.6 is 0 Å². The summed E-state index contributed by atoms with van der Waals surface area (Å²) < 4.78 is 0. The summed E-state index contributed by atoms with van der Waals surface area (Å²) >= 11 is 0. The number of rotatable bonds is 5. The van der Waals surface area contributed by atoms with E-state index in [9.17, 15) is 9.90 Å². The van der Waals surface area contributed by atoms with Crippen LogP contribution in [0.3, 0.4) is 0 Å². The lowest BCUT2D eigenvalue weighted by Gasteiger charge is -2.34. The molecule has 2 aliphatic rings. The predicted octanol–water partition coefficient (Wildman–Crippen LogP) is 1.85. The summed E-state index contributed by atoms with van der Waals surface area (Å²) in [5.74, 6) is 0.844. The van der Waals surface area contributed by atoms with E-state index in [-0.39, 0.29) is 5.91 Å². The molecule has 0 radical (unpaired) electrons. The normalized spacial score (nSPS) is 22.2. The number of benzene rings is 1. The van der Waals surface area contributed by atoms with Crippen molar-refractivity contribution in [1.82, 2.24) is 9.80 Å². The second-order valence-corrected chi connectivity index (χ2v) is 6.58. The van der Waals surface area contributed by atoms with Crippen LogP contribution in [0.5, 0.6) is 0 Å². The zero-order valence-electron chi connectivity index (χ0n) is 13.2. The molecular formula is C18H26N2O2. The number of aliphatic hydroxyl groups is 1. The first-order valence-electron chi connectivity index (χ1n) is 8.45. The van der Waals surface area contributed by atoms with Gasteiger partial charge in [-0.05, 0) is 43.8 Å². The number of piperidine rings is 1. The number of β-amino-alcohol motifs (C(OH)–C–C–N with tert-alkyl or cyclic N) is 1. The highest BCUT2D eigenvalue weighted by molar-refractivity contribution is 5.78. The fourth-order valence-corrected chi connectivity index (χ4v) is 3.68. The lowest BCUT2D eigenvalue weighted by Crippen LogP contribution is -2.43. The SMILES string of the molecule is O=C1CCCN1CC(O)CN1CCC(c2ccccc2)CC1. The molecule has 2 aliphatic heterocycles. The number of likely N-dealkylation sites (tertiary alicyclic amines) is 2. The van der Waals surface area contributed by atoms with Gasteiger partial charge in [0.2, 0.25) is 5.91 Å². The van der Waals surface area contributed by atoms with Gasteiger partial charge >= 0.3 is 0 Å². The lowest BCUT2D eigenvalue weighted by atomic mass is 9.89. The highest BCUT2D eigenvalue weighted by atomic mass is 16.3. The van der Waals surface area contributed by atoms with Gasteiger partial charge in [-0.3, -0.25) is 4.79 Å². The van der Waals surface area contributed by atoms with Crippen molar-refractivity contribution in [3.05, 3.63) is 35.9 Å². The van der Waals surface area contributed by atoms with Gasteiger partial charge in [0.15, 0.2) is 0 Å². The van der Waals surface area contributed by atoms with E-state index < -0.39 is 6.10 Å². The molecule has 0 aliphatic carbocycles. The number of carbonyl (C=O) groups is 1. The fourth-order valence-electron chi connectivity index (χ4n) is 3.68. The highest BCUT2D eigenvalue weighted by Crippen LogP contribution is 2.27. The molecule has 120 valence electrons. The highest BCUT2D eigenvalue weighted by Gasteiger charge is 2.25. The molecule has 1 aromatic carbocycles. The van der Waals surface area contributed by atoms with Crippen LogP contribution in [0.2, 0.25) is 0 Å². The second-order valence-electron chi connectivity index (χ2n) is 6.58. The van der Waals surface area contributed by atoms with E-state index in [1.165, 1.54) is 5.56 Å². The number of aliphatic hydroxyl groups excluding tert-OH is 1. The Morgan fingerprint density at radius 1 is 1.09 bits per heavy atom. The molecule has 0 bridgehead atoms. The smallest absolute Gasteiger partial charge is 0.222 e. The zero-order chi connectivity index (χ0) is 15.4. The first-order valence-corrected chi connectivity index (χ1v) is 8.45. The van der Waals surface area contributed by atoms with Crippen molar-refractivity contribution in [2.75, 3.05) is 32.7 Å². The molecule has 2 saturated heterocycles. The Labute approximate surface area is 132 Å². The summed E-state index contributed by atoms with van der Waals surface area (Å²) in [5.41, 5.74) is 1.44. The quantitative estimate of drug-likeness (QED) is 0.903. The Balaban J connectivity index is 1.42. The first-order chi connectivity index (χ1) is 10.7. The zero-order valence-corrected chi connectivity index (χ0v) is 13.2. The van der Waals surface area contributed by atoms with E-state index >= 15 is 0 Å². The average molecular weight is 302 g/mol. The van der Waals surface area contributed by atoms with E-state index in [0.29, 0.717) is 25.4 Å². The lowest BCUT2D eigenvalue weighted by molar-refractivity contribution is -0.129. The predicted molar refractivity (Wildman–Crippen MR) is 86.7 cm³/mol. The molecule has 0 saturated carbocycles. The number of carbonyl (C=O) groups excluding carboxylic acids is 1. The van der Waals surface area contributed by atoms with Gasteiger partial charge in [-0.1, -0.05) is 30.3 Å². The van der Waals surface area contributed by atoms with Crippen molar-refractivity contribution in [2.45, 2.75) is 37.7 Å². The summed E-state index contributed by atoms with van der Waals surface area (Å²) in [7, 11) is 0. The van der Waals surface area contributed by atoms with E-state index in [1.54, 1.807) is 4.90 Å².